The van der Waals surface area contributed by atoms with E-state index in [9.17, 15) is 9.59 Å². The molecule has 7 rings (SSSR count). The molecule has 3 aliphatic heterocycles. The number of hydrazine groups is 1. The minimum Gasteiger partial charge on any atom is -0.379 e. The molecule has 1 aliphatic carbocycles. The lowest BCUT2D eigenvalue weighted by Gasteiger charge is -2.38. The van der Waals surface area contributed by atoms with Crippen LogP contribution in [-0.4, -0.2) is 85.4 Å². The number of nitrogens with zero attached hydrogens (tertiary/aromatic N) is 3. The van der Waals surface area contributed by atoms with Gasteiger partial charge in [-0.25, -0.2) is 9.80 Å². The lowest BCUT2D eigenvalue weighted by Crippen LogP contribution is -2.49. The number of hydrogen-bond donors (Lipinski definition) is 3. The first kappa shape index (κ1) is 24.3. The second kappa shape index (κ2) is 9.76. The van der Waals surface area contributed by atoms with E-state index in [-0.39, 0.29) is 5.78 Å². The van der Waals surface area contributed by atoms with Gasteiger partial charge in [-0.2, -0.15) is 5.10 Å². The second-order valence-corrected chi connectivity index (χ2v) is 10.2. The van der Waals surface area contributed by atoms with Crippen molar-refractivity contribution in [3.8, 4) is 22.5 Å². The Bertz CT molecular complexity index is 1400. The summed E-state index contributed by atoms with van der Waals surface area (Å²) in [5.74, 6) is -0.564. The zero-order chi connectivity index (χ0) is 26.4. The van der Waals surface area contributed by atoms with Crippen molar-refractivity contribution >= 4 is 23.2 Å². The molecule has 3 fully saturated rings. The van der Waals surface area contributed by atoms with Gasteiger partial charge < -0.3 is 24.4 Å². The summed E-state index contributed by atoms with van der Waals surface area (Å²) in [7, 11) is 0. The van der Waals surface area contributed by atoms with E-state index in [4.69, 9.17) is 14.2 Å². The van der Waals surface area contributed by atoms with Gasteiger partial charge in [0.1, 0.15) is 5.69 Å². The maximum absolute atomic E-state index is 13.7. The summed E-state index contributed by atoms with van der Waals surface area (Å²) in [6, 6.07) is 13.2. The number of amides is 2. The minimum atomic E-state index is -0.404. The van der Waals surface area contributed by atoms with Crippen molar-refractivity contribution in [3.63, 3.8) is 0 Å². The molecule has 2 amide bonds. The number of benzene rings is 2. The van der Waals surface area contributed by atoms with Crippen molar-refractivity contribution < 1.29 is 23.8 Å². The predicted octanol–water partition coefficient (Wildman–Crippen LogP) is 3.00. The van der Waals surface area contributed by atoms with Crippen LogP contribution in [-0.2, 0) is 14.2 Å². The number of morpholine rings is 1. The van der Waals surface area contributed by atoms with Crippen LogP contribution in [0.15, 0.2) is 42.5 Å². The average Bonchev–Trinajstić information content (AvgIpc) is 3.67. The molecule has 0 radical (unpaired) electrons. The first-order valence-corrected chi connectivity index (χ1v) is 13.4. The molecule has 39 heavy (non-hydrogen) atoms. The number of carbonyl (C=O) groups is 2. The van der Waals surface area contributed by atoms with Gasteiger partial charge in [-0.1, -0.05) is 24.3 Å². The van der Waals surface area contributed by atoms with Gasteiger partial charge in [-0.3, -0.25) is 15.3 Å². The highest BCUT2D eigenvalue weighted by atomic mass is 16.7. The SMILES string of the molecule is O=C(Nc1cccc2c1C(=O)c1c(-c3ccc(N4CCC5(CC4)OCCO5)cc3)n[nH]c1-2)NN1CCOCC1. The van der Waals surface area contributed by atoms with Crippen molar-refractivity contribution in [1.29, 1.82) is 0 Å². The second-order valence-electron chi connectivity index (χ2n) is 10.2. The third-order valence-electron chi connectivity index (χ3n) is 7.92. The Kier molecular flexibility index (Phi) is 6.08. The summed E-state index contributed by atoms with van der Waals surface area (Å²) in [6.07, 6.45) is 1.68. The molecule has 1 spiro atoms. The number of aromatic amines is 1. The highest BCUT2D eigenvalue weighted by molar-refractivity contribution is 6.26. The number of hydrogen-bond acceptors (Lipinski definition) is 8. The number of nitrogens with one attached hydrogen (secondary N) is 3. The molecule has 11 nitrogen and oxygen atoms in total. The molecule has 2 aromatic carbocycles. The molecule has 1 aromatic heterocycles. The van der Waals surface area contributed by atoms with Crippen LogP contribution in [0.25, 0.3) is 22.5 Å². The molecule has 4 aliphatic rings. The van der Waals surface area contributed by atoms with Crippen LogP contribution in [0.4, 0.5) is 16.2 Å². The van der Waals surface area contributed by atoms with Crippen molar-refractivity contribution in [2.75, 3.05) is 62.8 Å². The normalized spacial score (nSPS) is 20.2. The number of aromatic nitrogens is 2. The van der Waals surface area contributed by atoms with Crippen LogP contribution in [0.5, 0.6) is 0 Å². The average molecular weight is 531 g/mol. The maximum atomic E-state index is 13.7. The summed E-state index contributed by atoms with van der Waals surface area (Å²) in [5, 5.41) is 12.2. The first-order valence-electron chi connectivity index (χ1n) is 13.4. The number of ether oxygens (including phenoxy) is 3. The van der Waals surface area contributed by atoms with Gasteiger partial charge in [0.05, 0.1) is 48.9 Å². The fourth-order valence-corrected chi connectivity index (χ4v) is 5.89. The van der Waals surface area contributed by atoms with Gasteiger partial charge in [0.2, 0.25) is 0 Å². The van der Waals surface area contributed by atoms with Crippen LogP contribution in [0.3, 0.4) is 0 Å². The van der Waals surface area contributed by atoms with E-state index in [2.05, 4.69) is 38.0 Å². The van der Waals surface area contributed by atoms with Gasteiger partial charge in [0.15, 0.2) is 11.6 Å². The fraction of sp³-hybridized carbons (Fsp3) is 0.393. The first-order chi connectivity index (χ1) is 19.1. The van der Waals surface area contributed by atoms with Crippen molar-refractivity contribution in [3.05, 3.63) is 53.6 Å². The number of fused-ring (bicyclic) bond motifs is 3. The molecule has 0 bridgehead atoms. The molecule has 4 heterocycles. The molecular weight excluding hydrogens is 500 g/mol. The van der Waals surface area contributed by atoms with E-state index >= 15 is 0 Å². The van der Waals surface area contributed by atoms with Gasteiger partial charge in [0, 0.05) is 55.8 Å². The quantitative estimate of drug-likeness (QED) is 0.368. The summed E-state index contributed by atoms with van der Waals surface area (Å²) in [4.78, 5) is 28.7. The number of H-pyrrole nitrogens is 1. The minimum absolute atomic E-state index is 0.159. The Hall–Kier alpha value is -3.77. The fourth-order valence-electron chi connectivity index (χ4n) is 5.89. The monoisotopic (exact) mass is 530 g/mol. The summed E-state index contributed by atoms with van der Waals surface area (Å²) in [6.45, 7) is 5.41. The third-order valence-corrected chi connectivity index (χ3v) is 7.92. The molecule has 3 N–H and O–H groups in total. The van der Waals surface area contributed by atoms with Crippen molar-refractivity contribution in [1.82, 2.24) is 20.6 Å². The number of anilines is 2. The van der Waals surface area contributed by atoms with E-state index < -0.39 is 11.8 Å². The molecule has 11 heteroatoms. The molecule has 3 aromatic rings. The molecule has 0 atom stereocenters. The zero-order valence-corrected chi connectivity index (χ0v) is 21.5. The molecule has 202 valence electrons. The van der Waals surface area contributed by atoms with E-state index in [0.717, 1.165) is 42.7 Å². The van der Waals surface area contributed by atoms with E-state index in [0.29, 0.717) is 67.7 Å². The van der Waals surface area contributed by atoms with Crippen LogP contribution in [0, 0.1) is 0 Å². The van der Waals surface area contributed by atoms with E-state index in [1.54, 1.807) is 11.1 Å². The number of rotatable bonds is 4. The molecular formula is C28H30N6O5. The zero-order valence-electron chi connectivity index (χ0n) is 21.5. The Morgan fingerprint density at radius 1 is 0.923 bits per heavy atom. The van der Waals surface area contributed by atoms with Crippen LogP contribution in [0.2, 0.25) is 0 Å². The highest BCUT2D eigenvalue weighted by Crippen LogP contribution is 2.43. The highest BCUT2D eigenvalue weighted by Gasteiger charge is 2.40. The smallest absolute Gasteiger partial charge is 0.333 e. The Morgan fingerprint density at radius 2 is 1.67 bits per heavy atom. The molecule has 0 saturated carbocycles. The predicted molar refractivity (Wildman–Crippen MR) is 144 cm³/mol. The Balaban J connectivity index is 1.08. The number of piperidine rings is 1. The van der Waals surface area contributed by atoms with Crippen molar-refractivity contribution in [2.45, 2.75) is 18.6 Å². The maximum Gasteiger partial charge on any atom is 0.333 e. The van der Waals surface area contributed by atoms with E-state index in [1.807, 2.05) is 24.3 Å². The van der Waals surface area contributed by atoms with Gasteiger partial charge in [0.25, 0.3) is 0 Å². The Labute approximate surface area is 225 Å². The van der Waals surface area contributed by atoms with Crippen LogP contribution < -0.4 is 15.6 Å². The van der Waals surface area contributed by atoms with Gasteiger partial charge >= 0.3 is 6.03 Å². The lowest BCUT2D eigenvalue weighted by molar-refractivity contribution is -0.169. The Morgan fingerprint density at radius 3 is 2.41 bits per heavy atom. The third kappa shape index (κ3) is 4.37. The molecule has 0 unspecified atom stereocenters. The number of ketones is 1. The topological polar surface area (TPSA) is 121 Å². The number of carbonyl (C=O) groups excluding carboxylic acids is 2. The summed E-state index contributed by atoms with van der Waals surface area (Å²) >= 11 is 0. The van der Waals surface area contributed by atoms with Crippen LogP contribution in [0.1, 0.15) is 28.8 Å². The molecule has 3 saturated heterocycles. The lowest BCUT2D eigenvalue weighted by atomic mass is 10.0. The standard InChI is InChI=1S/C28H30N6O5/c35-26-22-20(2-1-3-21(22)29-27(36)32-34-12-14-37-15-13-34)25-23(26)24(30-31-25)18-4-6-19(7-5-18)33-10-8-28(9-11-33)38-16-17-39-28/h1-7H,8-17H2,(H,30,31)(H2,29,32,36). The van der Waals surface area contributed by atoms with Gasteiger partial charge in [-0.15, -0.1) is 0 Å². The largest absolute Gasteiger partial charge is 0.379 e. The van der Waals surface area contributed by atoms with Gasteiger partial charge in [-0.05, 0) is 18.2 Å². The van der Waals surface area contributed by atoms with E-state index in [1.165, 1.54) is 0 Å². The summed E-state index contributed by atoms with van der Waals surface area (Å²) in [5.41, 5.74) is 8.26. The van der Waals surface area contributed by atoms with Crippen LogP contribution >= 0.6 is 0 Å². The van der Waals surface area contributed by atoms with Crippen molar-refractivity contribution in [2.24, 2.45) is 0 Å². The number of urea groups is 1. The summed E-state index contributed by atoms with van der Waals surface area (Å²) < 4.78 is 17.0.